The van der Waals surface area contributed by atoms with E-state index < -0.39 is 0 Å². The van der Waals surface area contributed by atoms with Crippen molar-refractivity contribution >= 4 is 11.5 Å². The molecule has 20 heavy (non-hydrogen) atoms. The first-order valence-corrected chi connectivity index (χ1v) is 7.81. The van der Waals surface area contributed by atoms with Crippen molar-refractivity contribution in [3.8, 4) is 5.88 Å². The van der Waals surface area contributed by atoms with Crippen molar-refractivity contribution in [3.63, 3.8) is 0 Å². The smallest absolute Gasteiger partial charge is 0.239 e. The van der Waals surface area contributed by atoms with Crippen molar-refractivity contribution in [1.29, 1.82) is 0 Å². The SMILES string of the molecule is CCCOc1nc(NC2CCC(CC)C2C)ccc1N. The number of rotatable bonds is 6. The molecule has 2 rings (SSSR count). The molecule has 1 heterocycles. The van der Waals surface area contributed by atoms with E-state index in [2.05, 4.69) is 31.1 Å². The van der Waals surface area contributed by atoms with Gasteiger partial charge in [0.15, 0.2) is 0 Å². The zero-order valence-corrected chi connectivity index (χ0v) is 12.9. The maximum atomic E-state index is 5.89. The van der Waals surface area contributed by atoms with Gasteiger partial charge >= 0.3 is 0 Å². The molecule has 1 aliphatic carbocycles. The van der Waals surface area contributed by atoms with E-state index in [9.17, 15) is 0 Å². The standard InChI is InChI=1S/C16H27N3O/c1-4-10-20-16-13(17)7-9-15(19-16)18-14-8-6-12(5-2)11(14)3/h7,9,11-12,14H,4-6,8,10,17H2,1-3H3,(H,18,19). The molecule has 0 radical (unpaired) electrons. The molecular formula is C16H27N3O. The molecule has 0 saturated heterocycles. The van der Waals surface area contributed by atoms with Crippen molar-refractivity contribution in [2.24, 2.45) is 11.8 Å². The summed E-state index contributed by atoms with van der Waals surface area (Å²) in [6.45, 7) is 7.34. The number of nitrogens with zero attached hydrogens (tertiary/aromatic N) is 1. The van der Waals surface area contributed by atoms with E-state index in [1.807, 2.05) is 12.1 Å². The highest BCUT2D eigenvalue weighted by Gasteiger charge is 2.31. The van der Waals surface area contributed by atoms with Gasteiger partial charge in [0.2, 0.25) is 5.88 Å². The fraction of sp³-hybridized carbons (Fsp3) is 0.688. The van der Waals surface area contributed by atoms with Gasteiger partial charge in [-0.2, -0.15) is 4.98 Å². The van der Waals surface area contributed by atoms with Crippen LogP contribution in [0.15, 0.2) is 12.1 Å². The molecule has 1 fully saturated rings. The second-order valence-corrected chi connectivity index (χ2v) is 5.79. The van der Waals surface area contributed by atoms with Crippen LogP contribution in [0.3, 0.4) is 0 Å². The van der Waals surface area contributed by atoms with Crippen LogP contribution in [0.4, 0.5) is 11.5 Å². The number of pyridine rings is 1. The van der Waals surface area contributed by atoms with Gasteiger partial charge in [-0.15, -0.1) is 0 Å². The largest absolute Gasteiger partial charge is 0.476 e. The van der Waals surface area contributed by atoms with Gasteiger partial charge in [0.25, 0.3) is 0 Å². The van der Waals surface area contributed by atoms with E-state index in [-0.39, 0.29) is 0 Å². The first-order chi connectivity index (χ1) is 9.65. The lowest BCUT2D eigenvalue weighted by atomic mass is 9.93. The molecule has 1 aliphatic rings. The normalized spacial score (nSPS) is 25.6. The molecule has 1 aromatic heterocycles. The van der Waals surface area contributed by atoms with Crippen LogP contribution >= 0.6 is 0 Å². The highest BCUT2D eigenvalue weighted by Crippen LogP contribution is 2.35. The third kappa shape index (κ3) is 3.35. The van der Waals surface area contributed by atoms with Crippen molar-refractivity contribution < 1.29 is 4.74 Å². The summed E-state index contributed by atoms with van der Waals surface area (Å²) in [5.74, 6) is 2.95. The predicted molar refractivity (Wildman–Crippen MR) is 84.0 cm³/mol. The minimum atomic E-state index is 0.509. The molecule has 1 saturated carbocycles. The van der Waals surface area contributed by atoms with Crippen molar-refractivity contribution in [1.82, 2.24) is 4.98 Å². The van der Waals surface area contributed by atoms with Crippen LogP contribution < -0.4 is 15.8 Å². The van der Waals surface area contributed by atoms with Crippen LogP contribution in [-0.2, 0) is 0 Å². The number of nitrogen functional groups attached to an aromatic ring is 1. The Morgan fingerprint density at radius 2 is 2.15 bits per heavy atom. The number of ether oxygens (including phenoxy) is 1. The quantitative estimate of drug-likeness (QED) is 0.832. The van der Waals surface area contributed by atoms with E-state index in [4.69, 9.17) is 10.5 Å². The van der Waals surface area contributed by atoms with Crippen LogP contribution in [0.2, 0.25) is 0 Å². The third-order valence-electron chi connectivity index (χ3n) is 4.42. The average Bonchev–Trinajstić information content (AvgIpc) is 2.80. The topological polar surface area (TPSA) is 60.2 Å². The van der Waals surface area contributed by atoms with Gasteiger partial charge in [-0.3, -0.25) is 0 Å². The summed E-state index contributed by atoms with van der Waals surface area (Å²) >= 11 is 0. The van der Waals surface area contributed by atoms with Gasteiger partial charge in [-0.05, 0) is 43.2 Å². The summed E-state index contributed by atoms with van der Waals surface area (Å²) < 4.78 is 5.58. The molecule has 3 N–H and O–H groups in total. The van der Waals surface area contributed by atoms with Gasteiger partial charge < -0.3 is 15.8 Å². The Kier molecular flexibility index (Phi) is 5.10. The molecule has 1 aromatic rings. The first kappa shape index (κ1) is 14.9. The molecule has 0 aromatic carbocycles. The number of hydrogen-bond acceptors (Lipinski definition) is 4. The molecule has 3 unspecified atom stereocenters. The minimum Gasteiger partial charge on any atom is -0.476 e. The predicted octanol–water partition coefficient (Wildman–Crippen LogP) is 3.69. The molecule has 112 valence electrons. The average molecular weight is 277 g/mol. The van der Waals surface area contributed by atoms with Crippen LogP contribution in [0, 0.1) is 11.8 Å². The van der Waals surface area contributed by atoms with Gasteiger partial charge in [-0.1, -0.05) is 27.2 Å². The fourth-order valence-electron chi connectivity index (χ4n) is 3.06. The monoisotopic (exact) mass is 277 g/mol. The number of anilines is 2. The van der Waals surface area contributed by atoms with Crippen LogP contribution in [-0.4, -0.2) is 17.6 Å². The second kappa shape index (κ2) is 6.82. The number of aromatic nitrogens is 1. The number of nitrogens with two attached hydrogens (primary N) is 1. The van der Waals surface area contributed by atoms with Crippen molar-refractivity contribution in [2.45, 2.75) is 52.5 Å². The van der Waals surface area contributed by atoms with E-state index in [1.165, 1.54) is 19.3 Å². The zero-order valence-electron chi connectivity index (χ0n) is 12.9. The Morgan fingerprint density at radius 1 is 1.35 bits per heavy atom. The molecule has 4 heteroatoms. The summed E-state index contributed by atoms with van der Waals surface area (Å²) in [6, 6.07) is 4.33. The zero-order chi connectivity index (χ0) is 14.5. The molecule has 0 spiro atoms. The fourth-order valence-corrected chi connectivity index (χ4v) is 3.06. The lowest BCUT2D eigenvalue weighted by Gasteiger charge is -2.22. The summed E-state index contributed by atoms with van der Waals surface area (Å²) in [5.41, 5.74) is 6.50. The van der Waals surface area contributed by atoms with Gasteiger partial charge in [0.05, 0.1) is 12.3 Å². The Labute approximate surface area is 122 Å². The lowest BCUT2D eigenvalue weighted by molar-refractivity contribution is 0.307. The van der Waals surface area contributed by atoms with Crippen molar-refractivity contribution in [2.75, 3.05) is 17.7 Å². The molecular weight excluding hydrogens is 250 g/mol. The molecule has 3 atom stereocenters. The summed E-state index contributed by atoms with van der Waals surface area (Å²) in [7, 11) is 0. The number of hydrogen-bond donors (Lipinski definition) is 2. The van der Waals surface area contributed by atoms with Gasteiger partial charge in [0.1, 0.15) is 5.82 Å². The Bertz CT molecular complexity index is 436. The van der Waals surface area contributed by atoms with Crippen molar-refractivity contribution in [3.05, 3.63) is 12.1 Å². The Balaban J connectivity index is 2.02. The van der Waals surface area contributed by atoms with Gasteiger partial charge in [-0.25, -0.2) is 0 Å². The second-order valence-electron chi connectivity index (χ2n) is 5.79. The maximum Gasteiger partial charge on any atom is 0.239 e. The third-order valence-corrected chi connectivity index (χ3v) is 4.42. The molecule has 4 nitrogen and oxygen atoms in total. The van der Waals surface area contributed by atoms with Crippen LogP contribution in [0.5, 0.6) is 5.88 Å². The van der Waals surface area contributed by atoms with E-state index in [1.54, 1.807) is 0 Å². The molecule has 0 bridgehead atoms. The van der Waals surface area contributed by atoms with Crippen LogP contribution in [0.25, 0.3) is 0 Å². The Morgan fingerprint density at radius 3 is 2.80 bits per heavy atom. The lowest BCUT2D eigenvalue weighted by Crippen LogP contribution is -2.25. The van der Waals surface area contributed by atoms with Gasteiger partial charge in [0, 0.05) is 6.04 Å². The first-order valence-electron chi connectivity index (χ1n) is 7.81. The van der Waals surface area contributed by atoms with E-state index in [0.717, 1.165) is 18.2 Å². The molecule has 0 aliphatic heterocycles. The summed E-state index contributed by atoms with van der Waals surface area (Å²) in [6.07, 6.45) is 4.75. The van der Waals surface area contributed by atoms with E-state index >= 15 is 0 Å². The summed E-state index contributed by atoms with van der Waals surface area (Å²) in [5, 5.41) is 3.55. The summed E-state index contributed by atoms with van der Waals surface area (Å²) in [4.78, 5) is 4.50. The molecule has 0 amide bonds. The highest BCUT2D eigenvalue weighted by atomic mass is 16.5. The number of nitrogens with one attached hydrogen (secondary N) is 1. The van der Waals surface area contributed by atoms with E-state index in [0.29, 0.717) is 30.1 Å². The Hall–Kier alpha value is -1.45. The minimum absolute atomic E-state index is 0.509. The highest BCUT2D eigenvalue weighted by molar-refractivity contribution is 5.54. The maximum absolute atomic E-state index is 5.89. The van der Waals surface area contributed by atoms with Crippen LogP contribution in [0.1, 0.15) is 46.5 Å².